The Balaban J connectivity index is 1.88. The summed E-state index contributed by atoms with van der Waals surface area (Å²) in [7, 11) is 0. The van der Waals surface area contributed by atoms with Crippen molar-refractivity contribution >= 4 is 23.2 Å². The number of carbonyl (C=O) groups excluding carboxylic acids is 1. The lowest BCUT2D eigenvalue weighted by Gasteiger charge is -2.37. The van der Waals surface area contributed by atoms with Crippen LogP contribution < -0.4 is 10.6 Å². The first-order valence-electron chi connectivity index (χ1n) is 7.67. The van der Waals surface area contributed by atoms with Crippen molar-refractivity contribution in [3.63, 3.8) is 0 Å². The molecular weight excluding hydrogens is 286 g/mol. The Labute approximate surface area is 131 Å². The quantitative estimate of drug-likeness (QED) is 0.909. The van der Waals surface area contributed by atoms with Gasteiger partial charge >= 0.3 is 0 Å². The molecule has 0 bridgehead atoms. The SMILES string of the molecule is CCCC[C@H](N)C(=O)N1CCN(c2ccccc2Cl)CC1. The van der Waals surface area contributed by atoms with E-state index in [4.69, 9.17) is 17.3 Å². The molecule has 0 radical (unpaired) electrons. The summed E-state index contributed by atoms with van der Waals surface area (Å²) in [6.45, 7) is 5.14. The van der Waals surface area contributed by atoms with Crippen molar-refractivity contribution < 1.29 is 4.79 Å². The van der Waals surface area contributed by atoms with E-state index in [9.17, 15) is 4.79 Å². The minimum atomic E-state index is -0.350. The highest BCUT2D eigenvalue weighted by Crippen LogP contribution is 2.26. The van der Waals surface area contributed by atoms with Crippen molar-refractivity contribution in [1.29, 1.82) is 0 Å². The molecule has 21 heavy (non-hydrogen) atoms. The average Bonchev–Trinajstić information content (AvgIpc) is 2.52. The number of nitrogens with zero attached hydrogens (tertiary/aromatic N) is 2. The molecule has 1 fully saturated rings. The van der Waals surface area contributed by atoms with Gasteiger partial charge in [-0.05, 0) is 18.6 Å². The maximum atomic E-state index is 12.3. The van der Waals surface area contributed by atoms with E-state index >= 15 is 0 Å². The van der Waals surface area contributed by atoms with Crippen LogP contribution in [0.3, 0.4) is 0 Å². The van der Waals surface area contributed by atoms with Crippen LogP contribution in [0.5, 0.6) is 0 Å². The molecule has 1 aliphatic rings. The highest BCUT2D eigenvalue weighted by molar-refractivity contribution is 6.33. The summed E-state index contributed by atoms with van der Waals surface area (Å²) < 4.78 is 0. The predicted molar refractivity (Wildman–Crippen MR) is 87.7 cm³/mol. The maximum Gasteiger partial charge on any atom is 0.239 e. The van der Waals surface area contributed by atoms with Crippen molar-refractivity contribution in [3.05, 3.63) is 29.3 Å². The van der Waals surface area contributed by atoms with Gasteiger partial charge in [-0.25, -0.2) is 0 Å². The van der Waals surface area contributed by atoms with Gasteiger partial charge in [-0.2, -0.15) is 0 Å². The number of halogens is 1. The lowest BCUT2D eigenvalue weighted by molar-refractivity contribution is -0.133. The predicted octanol–water partition coefficient (Wildman–Crippen LogP) is 2.51. The maximum absolute atomic E-state index is 12.3. The Bertz CT molecular complexity index is 472. The van der Waals surface area contributed by atoms with E-state index in [1.165, 1.54) is 0 Å². The minimum Gasteiger partial charge on any atom is -0.367 e. The number of piperazine rings is 1. The van der Waals surface area contributed by atoms with Gasteiger partial charge in [0, 0.05) is 26.2 Å². The van der Waals surface area contributed by atoms with Crippen molar-refractivity contribution in [2.75, 3.05) is 31.1 Å². The highest BCUT2D eigenvalue weighted by Gasteiger charge is 2.25. The van der Waals surface area contributed by atoms with Crippen LogP contribution in [-0.4, -0.2) is 43.0 Å². The Morgan fingerprint density at radius 1 is 1.29 bits per heavy atom. The average molecular weight is 310 g/mol. The number of hydrogen-bond acceptors (Lipinski definition) is 3. The van der Waals surface area contributed by atoms with Crippen LogP contribution in [0.2, 0.25) is 5.02 Å². The molecule has 1 aromatic rings. The van der Waals surface area contributed by atoms with Crippen LogP contribution in [0.4, 0.5) is 5.69 Å². The Morgan fingerprint density at radius 3 is 2.57 bits per heavy atom. The number of nitrogens with two attached hydrogens (primary N) is 1. The number of hydrogen-bond donors (Lipinski definition) is 1. The molecular formula is C16H24ClN3O. The molecule has 1 saturated heterocycles. The molecule has 1 aliphatic heterocycles. The zero-order chi connectivity index (χ0) is 15.2. The van der Waals surface area contributed by atoms with Gasteiger partial charge in [0.25, 0.3) is 0 Å². The van der Waals surface area contributed by atoms with E-state index in [0.29, 0.717) is 13.1 Å². The normalized spacial score (nSPS) is 16.9. The fraction of sp³-hybridized carbons (Fsp3) is 0.562. The van der Waals surface area contributed by atoms with Gasteiger partial charge in [0.2, 0.25) is 5.91 Å². The highest BCUT2D eigenvalue weighted by atomic mass is 35.5. The van der Waals surface area contributed by atoms with Gasteiger partial charge in [-0.3, -0.25) is 4.79 Å². The molecule has 0 spiro atoms. The Kier molecular flexibility index (Phi) is 5.88. The standard InChI is InChI=1S/C16H24ClN3O/c1-2-3-7-14(18)16(21)20-11-9-19(10-12-20)15-8-5-4-6-13(15)17/h4-6,8,14H,2-3,7,9-12,18H2,1H3/t14-/m0/s1. The zero-order valence-corrected chi connectivity index (χ0v) is 13.4. The second kappa shape index (κ2) is 7.66. The van der Waals surface area contributed by atoms with Gasteiger partial charge in [0.15, 0.2) is 0 Å². The molecule has 2 N–H and O–H groups in total. The molecule has 4 nitrogen and oxygen atoms in total. The molecule has 1 heterocycles. The molecule has 2 rings (SSSR count). The van der Waals surface area contributed by atoms with Crippen LogP contribution in [0.1, 0.15) is 26.2 Å². The lowest BCUT2D eigenvalue weighted by Crippen LogP contribution is -2.53. The van der Waals surface area contributed by atoms with Crippen LogP contribution in [-0.2, 0) is 4.79 Å². The van der Waals surface area contributed by atoms with E-state index < -0.39 is 0 Å². The van der Waals surface area contributed by atoms with Gasteiger partial charge in [0.1, 0.15) is 0 Å². The first-order valence-corrected chi connectivity index (χ1v) is 8.05. The summed E-state index contributed by atoms with van der Waals surface area (Å²) in [5, 5.41) is 0.761. The molecule has 1 atom stereocenters. The fourth-order valence-corrected chi connectivity index (χ4v) is 2.91. The molecule has 0 saturated carbocycles. The number of para-hydroxylation sites is 1. The summed E-state index contributed by atoms with van der Waals surface area (Å²) >= 11 is 6.22. The van der Waals surface area contributed by atoms with Gasteiger partial charge in [-0.15, -0.1) is 0 Å². The molecule has 116 valence electrons. The van der Waals surface area contributed by atoms with Crippen LogP contribution in [0.25, 0.3) is 0 Å². The second-order valence-electron chi connectivity index (χ2n) is 5.51. The lowest BCUT2D eigenvalue weighted by atomic mass is 10.1. The first kappa shape index (κ1) is 16.1. The van der Waals surface area contributed by atoms with E-state index in [1.54, 1.807) is 0 Å². The Morgan fingerprint density at radius 2 is 1.95 bits per heavy atom. The molecule has 0 unspecified atom stereocenters. The number of benzene rings is 1. The van der Waals surface area contributed by atoms with Crippen LogP contribution >= 0.6 is 11.6 Å². The van der Waals surface area contributed by atoms with E-state index in [-0.39, 0.29) is 11.9 Å². The smallest absolute Gasteiger partial charge is 0.239 e. The topological polar surface area (TPSA) is 49.6 Å². The Hall–Kier alpha value is -1.26. The monoisotopic (exact) mass is 309 g/mol. The number of unbranched alkanes of at least 4 members (excludes halogenated alkanes) is 1. The molecule has 0 aromatic heterocycles. The van der Waals surface area contributed by atoms with E-state index in [0.717, 1.165) is 43.1 Å². The van der Waals surface area contributed by atoms with Crippen LogP contribution in [0, 0.1) is 0 Å². The van der Waals surface area contributed by atoms with E-state index in [2.05, 4.69) is 11.8 Å². The van der Waals surface area contributed by atoms with Crippen molar-refractivity contribution in [3.8, 4) is 0 Å². The molecule has 1 aromatic carbocycles. The number of rotatable bonds is 5. The van der Waals surface area contributed by atoms with Crippen LogP contribution in [0.15, 0.2) is 24.3 Å². The van der Waals surface area contributed by atoms with Crippen molar-refractivity contribution in [2.45, 2.75) is 32.2 Å². The summed E-state index contributed by atoms with van der Waals surface area (Å²) in [6.07, 6.45) is 2.85. The summed E-state index contributed by atoms with van der Waals surface area (Å²) in [4.78, 5) is 16.4. The molecule has 1 amide bonds. The molecule has 5 heteroatoms. The van der Waals surface area contributed by atoms with Crippen molar-refractivity contribution in [2.24, 2.45) is 5.73 Å². The van der Waals surface area contributed by atoms with E-state index in [1.807, 2.05) is 29.2 Å². The summed E-state index contributed by atoms with van der Waals surface area (Å²) in [5.74, 6) is 0.0854. The largest absolute Gasteiger partial charge is 0.367 e. The second-order valence-corrected chi connectivity index (χ2v) is 5.92. The zero-order valence-electron chi connectivity index (χ0n) is 12.6. The number of carbonyl (C=O) groups is 1. The summed E-state index contributed by atoms with van der Waals surface area (Å²) in [6, 6.07) is 7.48. The third-order valence-corrected chi connectivity index (χ3v) is 4.29. The van der Waals surface area contributed by atoms with Gasteiger partial charge < -0.3 is 15.5 Å². The minimum absolute atomic E-state index is 0.0854. The number of amides is 1. The van der Waals surface area contributed by atoms with Crippen molar-refractivity contribution in [1.82, 2.24) is 4.90 Å². The first-order chi connectivity index (χ1) is 10.1. The van der Waals surface area contributed by atoms with Gasteiger partial charge in [-0.1, -0.05) is 43.5 Å². The molecule has 0 aliphatic carbocycles. The van der Waals surface area contributed by atoms with Gasteiger partial charge in [0.05, 0.1) is 16.8 Å². The number of anilines is 1. The third kappa shape index (κ3) is 4.11. The fourth-order valence-electron chi connectivity index (χ4n) is 2.66. The third-order valence-electron chi connectivity index (χ3n) is 3.97. The summed E-state index contributed by atoms with van der Waals surface area (Å²) in [5.41, 5.74) is 7.02.